The molecule has 0 spiro atoms. The van der Waals surface area contributed by atoms with Crippen molar-refractivity contribution in [1.29, 1.82) is 0 Å². The number of piperidine rings is 1. The first-order valence-electron chi connectivity index (χ1n) is 7.06. The SMILES string of the molecule is CC1CCN(C(N)=NCc2ncccc2S(C)(=O)=O)CC1. The molecule has 21 heavy (non-hydrogen) atoms. The molecular formula is C14H22N4O2S. The van der Waals surface area contributed by atoms with E-state index in [1.807, 2.05) is 4.90 Å². The second-order valence-electron chi connectivity index (χ2n) is 5.56. The lowest BCUT2D eigenvalue weighted by Crippen LogP contribution is -2.42. The number of sulfone groups is 1. The zero-order valence-electron chi connectivity index (χ0n) is 12.5. The number of rotatable bonds is 3. The molecule has 1 aromatic heterocycles. The first-order valence-corrected chi connectivity index (χ1v) is 8.96. The molecule has 0 aromatic carbocycles. The minimum Gasteiger partial charge on any atom is -0.370 e. The highest BCUT2D eigenvalue weighted by atomic mass is 32.2. The van der Waals surface area contributed by atoms with Gasteiger partial charge in [-0.05, 0) is 30.9 Å². The standard InChI is InChI=1S/C14H22N4O2S/c1-11-5-8-18(9-6-11)14(15)17-10-12-13(21(2,19)20)4-3-7-16-12/h3-4,7,11H,5-6,8-10H2,1-2H3,(H2,15,17). The maximum atomic E-state index is 11.7. The summed E-state index contributed by atoms with van der Waals surface area (Å²) >= 11 is 0. The van der Waals surface area contributed by atoms with Crippen LogP contribution in [0.5, 0.6) is 0 Å². The van der Waals surface area contributed by atoms with Crippen molar-refractivity contribution in [3.8, 4) is 0 Å². The van der Waals surface area contributed by atoms with E-state index in [0.717, 1.165) is 31.8 Å². The van der Waals surface area contributed by atoms with Gasteiger partial charge >= 0.3 is 0 Å². The fourth-order valence-electron chi connectivity index (χ4n) is 2.37. The molecule has 7 heteroatoms. The molecule has 116 valence electrons. The van der Waals surface area contributed by atoms with Crippen LogP contribution in [0.4, 0.5) is 0 Å². The Bertz CT molecular complexity index is 620. The second-order valence-corrected chi connectivity index (χ2v) is 7.55. The third kappa shape index (κ3) is 4.17. The zero-order chi connectivity index (χ0) is 15.5. The molecule has 1 saturated heterocycles. The van der Waals surface area contributed by atoms with Crippen LogP contribution in [0.25, 0.3) is 0 Å². The quantitative estimate of drug-likeness (QED) is 0.665. The Labute approximate surface area is 126 Å². The molecule has 0 amide bonds. The Hall–Kier alpha value is -1.63. The normalized spacial score (nSPS) is 18.0. The van der Waals surface area contributed by atoms with Crippen LogP contribution in [0.1, 0.15) is 25.5 Å². The average molecular weight is 310 g/mol. The molecule has 1 fully saturated rings. The number of guanidine groups is 1. The van der Waals surface area contributed by atoms with E-state index >= 15 is 0 Å². The van der Waals surface area contributed by atoms with Gasteiger partial charge in [0.2, 0.25) is 0 Å². The van der Waals surface area contributed by atoms with Crippen molar-refractivity contribution in [2.24, 2.45) is 16.6 Å². The predicted octanol–water partition coefficient (Wildman–Crippen LogP) is 1.03. The maximum Gasteiger partial charge on any atom is 0.191 e. The second kappa shape index (κ2) is 6.43. The van der Waals surface area contributed by atoms with Crippen molar-refractivity contribution >= 4 is 15.8 Å². The van der Waals surface area contributed by atoms with Gasteiger partial charge in [0, 0.05) is 25.5 Å². The van der Waals surface area contributed by atoms with E-state index in [0.29, 0.717) is 11.7 Å². The first kappa shape index (κ1) is 15.8. The van der Waals surface area contributed by atoms with Gasteiger partial charge < -0.3 is 10.6 Å². The third-order valence-electron chi connectivity index (χ3n) is 3.75. The summed E-state index contributed by atoms with van der Waals surface area (Å²) in [6.45, 7) is 4.22. The molecule has 1 aliphatic heterocycles. The van der Waals surface area contributed by atoms with Gasteiger partial charge in [0.05, 0.1) is 17.1 Å². The number of likely N-dealkylation sites (tertiary alicyclic amines) is 1. The monoisotopic (exact) mass is 310 g/mol. The van der Waals surface area contributed by atoms with Crippen LogP contribution in [0.15, 0.2) is 28.2 Å². The van der Waals surface area contributed by atoms with Crippen molar-refractivity contribution < 1.29 is 8.42 Å². The fourth-order valence-corrected chi connectivity index (χ4v) is 3.24. The summed E-state index contributed by atoms with van der Waals surface area (Å²) in [6, 6.07) is 3.16. The molecule has 0 unspecified atom stereocenters. The van der Waals surface area contributed by atoms with Crippen molar-refractivity contribution in [2.75, 3.05) is 19.3 Å². The number of nitrogens with zero attached hydrogens (tertiary/aromatic N) is 3. The molecule has 2 heterocycles. The Morgan fingerprint density at radius 3 is 2.76 bits per heavy atom. The van der Waals surface area contributed by atoms with Gasteiger partial charge in [0.1, 0.15) is 0 Å². The summed E-state index contributed by atoms with van der Waals surface area (Å²) in [5, 5.41) is 0. The van der Waals surface area contributed by atoms with Crippen LogP contribution >= 0.6 is 0 Å². The molecule has 2 N–H and O–H groups in total. The highest BCUT2D eigenvalue weighted by molar-refractivity contribution is 7.90. The molecule has 0 bridgehead atoms. The molecular weight excluding hydrogens is 288 g/mol. The van der Waals surface area contributed by atoms with Crippen LogP contribution in [0, 0.1) is 5.92 Å². The molecule has 1 aliphatic rings. The molecule has 1 aromatic rings. The number of nitrogens with two attached hydrogens (primary N) is 1. The molecule has 0 atom stereocenters. The summed E-state index contributed by atoms with van der Waals surface area (Å²) in [7, 11) is -3.30. The van der Waals surface area contributed by atoms with Crippen LogP contribution in [0.3, 0.4) is 0 Å². The zero-order valence-corrected chi connectivity index (χ0v) is 13.3. The summed E-state index contributed by atoms with van der Waals surface area (Å²) < 4.78 is 23.4. The van der Waals surface area contributed by atoms with Gasteiger partial charge in [-0.15, -0.1) is 0 Å². The maximum absolute atomic E-state index is 11.7. The number of pyridine rings is 1. The fraction of sp³-hybridized carbons (Fsp3) is 0.571. The summed E-state index contributed by atoms with van der Waals surface area (Å²) in [4.78, 5) is 10.7. The molecule has 0 radical (unpaired) electrons. The Morgan fingerprint density at radius 2 is 2.14 bits per heavy atom. The lowest BCUT2D eigenvalue weighted by molar-refractivity contribution is 0.277. The van der Waals surface area contributed by atoms with E-state index in [4.69, 9.17) is 5.73 Å². The minimum atomic E-state index is -3.30. The lowest BCUT2D eigenvalue weighted by atomic mass is 10.00. The van der Waals surface area contributed by atoms with Gasteiger partial charge in [0.25, 0.3) is 0 Å². The Balaban J connectivity index is 2.10. The number of hydrogen-bond acceptors (Lipinski definition) is 4. The predicted molar refractivity (Wildman–Crippen MR) is 82.6 cm³/mol. The number of aliphatic imine (C=N–C) groups is 1. The van der Waals surface area contributed by atoms with E-state index in [9.17, 15) is 8.42 Å². The van der Waals surface area contributed by atoms with Crippen molar-refractivity contribution in [3.63, 3.8) is 0 Å². The highest BCUT2D eigenvalue weighted by Gasteiger charge is 2.18. The smallest absolute Gasteiger partial charge is 0.191 e. The largest absolute Gasteiger partial charge is 0.370 e. The Morgan fingerprint density at radius 1 is 1.48 bits per heavy atom. The van der Waals surface area contributed by atoms with Crippen molar-refractivity contribution in [1.82, 2.24) is 9.88 Å². The third-order valence-corrected chi connectivity index (χ3v) is 4.92. The summed E-state index contributed by atoms with van der Waals surface area (Å²) in [5.74, 6) is 1.19. The molecule has 2 rings (SSSR count). The molecule has 6 nitrogen and oxygen atoms in total. The first-order chi connectivity index (χ1) is 9.88. The van der Waals surface area contributed by atoms with Crippen LogP contribution in [-0.2, 0) is 16.4 Å². The van der Waals surface area contributed by atoms with Crippen molar-refractivity contribution in [2.45, 2.75) is 31.2 Å². The summed E-state index contributed by atoms with van der Waals surface area (Å²) in [6.07, 6.45) is 4.95. The lowest BCUT2D eigenvalue weighted by Gasteiger charge is -2.31. The molecule has 0 saturated carbocycles. The van der Waals surface area contributed by atoms with E-state index in [1.165, 1.54) is 6.26 Å². The van der Waals surface area contributed by atoms with Gasteiger partial charge in [-0.25, -0.2) is 13.4 Å². The highest BCUT2D eigenvalue weighted by Crippen LogP contribution is 2.16. The van der Waals surface area contributed by atoms with Crippen LogP contribution < -0.4 is 5.73 Å². The van der Waals surface area contributed by atoms with Crippen LogP contribution in [-0.4, -0.2) is 43.6 Å². The van der Waals surface area contributed by atoms with Crippen molar-refractivity contribution in [3.05, 3.63) is 24.0 Å². The number of hydrogen-bond donors (Lipinski definition) is 1. The minimum absolute atomic E-state index is 0.182. The van der Waals surface area contributed by atoms with E-state index in [1.54, 1.807) is 18.3 Å². The van der Waals surface area contributed by atoms with Gasteiger partial charge in [0.15, 0.2) is 15.8 Å². The van der Waals surface area contributed by atoms with Crippen LogP contribution in [0.2, 0.25) is 0 Å². The average Bonchev–Trinajstić information content (AvgIpc) is 2.45. The number of aromatic nitrogens is 1. The Kier molecular flexibility index (Phi) is 4.82. The van der Waals surface area contributed by atoms with E-state index in [-0.39, 0.29) is 11.4 Å². The topological polar surface area (TPSA) is 88.7 Å². The summed E-state index contributed by atoms with van der Waals surface area (Å²) in [5.41, 5.74) is 6.44. The van der Waals surface area contributed by atoms with E-state index in [2.05, 4.69) is 16.9 Å². The van der Waals surface area contributed by atoms with Gasteiger partial charge in [-0.1, -0.05) is 6.92 Å². The van der Waals surface area contributed by atoms with Gasteiger partial charge in [-0.3, -0.25) is 4.98 Å². The van der Waals surface area contributed by atoms with Gasteiger partial charge in [-0.2, -0.15) is 0 Å². The van der Waals surface area contributed by atoms with E-state index < -0.39 is 9.84 Å². The molecule has 0 aliphatic carbocycles.